The van der Waals surface area contributed by atoms with Crippen LogP contribution in [0.4, 0.5) is 4.79 Å². The van der Waals surface area contributed by atoms with Crippen LogP contribution in [-0.4, -0.2) is 21.2 Å². The minimum absolute atomic E-state index is 0.414. The summed E-state index contributed by atoms with van der Waals surface area (Å²) in [4.78, 5) is 16.1. The van der Waals surface area contributed by atoms with E-state index in [1.807, 2.05) is 32.9 Å². The fourth-order valence-electron chi connectivity index (χ4n) is 1.61. The number of carbonyl (C=O) groups is 1. The van der Waals surface area contributed by atoms with E-state index in [9.17, 15) is 4.79 Å². The van der Waals surface area contributed by atoms with Crippen LogP contribution >= 0.6 is 11.6 Å². The molecule has 0 aliphatic rings. The van der Waals surface area contributed by atoms with Crippen molar-refractivity contribution in [3.8, 4) is 11.3 Å². The van der Waals surface area contributed by atoms with Crippen molar-refractivity contribution in [2.24, 2.45) is 0 Å². The monoisotopic (exact) mass is 278 g/mol. The summed E-state index contributed by atoms with van der Waals surface area (Å²) in [6, 6.07) is 7.11. The van der Waals surface area contributed by atoms with Gasteiger partial charge in [0.25, 0.3) is 0 Å². The van der Waals surface area contributed by atoms with Crippen molar-refractivity contribution in [1.29, 1.82) is 0 Å². The van der Waals surface area contributed by atoms with E-state index in [0.29, 0.717) is 5.15 Å². The van der Waals surface area contributed by atoms with Gasteiger partial charge < -0.3 is 4.74 Å². The summed E-state index contributed by atoms with van der Waals surface area (Å²) in [7, 11) is 0. The number of nitrogens with zero attached hydrogens (tertiary/aromatic N) is 2. The van der Waals surface area contributed by atoms with Gasteiger partial charge in [0.15, 0.2) is 0 Å². The number of rotatable bonds is 1. The lowest BCUT2D eigenvalue weighted by atomic mass is 10.2. The second-order valence-corrected chi connectivity index (χ2v) is 5.50. The Morgan fingerprint density at radius 1 is 1.32 bits per heavy atom. The van der Waals surface area contributed by atoms with Crippen LogP contribution in [0.3, 0.4) is 0 Å². The highest BCUT2D eigenvalue weighted by Crippen LogP contribution is 2.21. The second-order valence-electron chi connectivity index (χ2n) is 5.11. The quantitative estimate of drug-likeness (QED) is 0.741. The van der Waals surface area contributed by atoms with Gasteiger partial charge in [-0.05, 0) is 45.0 Å². The van der Waals surface area contributed by atoms with Gasteiger partial charge in [0.1, 0.15) is 10.8 Å². The number of aromatic nitrogens is 2. The molecule has 2 heterocycles. The Bertz CT molecular complexity index is 582. The average Bonchev–Trinajstić information content (AvgIpc) is 2.76. The zero-order valence-electron chi connectivity index (χ0n) is 11.1. The van der Waals surface area contributed by atoms with Gasteiger partial charge in [-0.2, -0.15) is 0 Å². The van der Waals surface area contributed by atoms with Gasteiger partial charge in [-0.15, -0.1) is 0 Å². The van der Waals surface area contributed by atoms with E-state index in [-0.39, 0.29) is 0 Å². The number of carbonyl (C=O) groups excluding carboxylic acids is 1. The number of halogens is 1. The van der Waals surface area contributed by atoms with Gasteiger partial charge in [0, 0.05) is 18.0 Å². The molecule has 0 saturated heterocycles. The molecule has 0 radical (unpaired) electrons. The van der Waals surface area contributed by atoms with Crippen molar-refractivity contribution in [1.82, 2.24) is 9.55 Å². The molecular formula is C14H15ClN2O2. The highest BCUT2D eigenvalue weighted by atomic mass is 35.5. The van der Waals surface area contributed by atoms with Crippen LogP contribution in [0.25, 0.3) is 11.3 Å². The number of pyridine rings is 1. The summed E-state index contributed by atoms with van der Waals surface area (Å²) >= 11 is 5.75. The zero-order chi connectivity index (χ0) is 14.0. The van der Waals surface area contributed by atoms with E-state index in [2.05, 4.69) is 4.98 Å². The first-order valence-electron chi connectivity index (χ1n) is 5.89. The minimum Gasteiger partial charge on any atom is -0.443 e. The molecule has 4 nitrogen and oxygen atoms in total. The summed E-state index contributed by atoms with van der Waals surface area (Å²) in [6.07, 6.45) is 2.87. The number of hydrogen-bond acceptors (Lipinski definition) is 3. The minimum atomic E-state index is -0.531. The van der Waals surface area contributed by atoms with Crippen molar-refractivity contribution in [3.63, 3.8) is 0 Å². The Morgan fingerprint density at radius 3 is 2.63 bits per heavy atom. The molecule has 0 aliphatic heterocycles. The second kappa shape index (κ2) is 5.05. The highest BCUT2D eigenvalue weighted by Gasteiger charge is 2.19. The lowest BCUT2D eigenvalue weighted by molar-refractivity contribution is 0.0540. The standard InChI is InChI=1S/C14H15ClN2O2/c1-14(2,3)19-13(18)17-8-4-5-11(17)10-6-7-12(15)16-9-10/h4-9H,1-3H3. The van der Waals surface area contributed by atoms with Gasteiger partial charge >= 0.3 is 6.09 Å². The summed E-state index contributed by atoms with van der Waals surface area (Å²) in [5.41, 5.74) is 0.996. The summed E-state index contributed by atoms with van der Waals surface area (Å²) in [5.74, 6) is 0. The molecule has 2 rings (SSSR count). The van der Waals surface area contributed by atoms with E-state index in [0.717, 1.165) is 11.3 Å². The number of hydrogen-bond donors (Lipinski definition) is 0. The van der Waals surface area contributed by atoms with Crippen molar-refractivity contribution in [2.75, 3.05) is 0 Å². The van der Waals surface area contributed by atoms with Crippen molar-refractivity contribution in [2.45, 2.75) is 26.4 Å². The Hall–Kier alpha value is -1.81. The molecule has 0 fully saturated rings. The molecule has 0 spiro atoms. The molecule has 2 aromatic heterocycles. The Kier molecular flexibility index (Phi) is 3.62. The molecule has 0 aliphatic carbocycles. The first-order chi connectivity index (χ1) is 8.87. The van der Waals surface area contributed by atoms with E-state index >= 15 is 0 Å². The molecular weight excluding hydrogens is 264 g/mol. The van der Waals surface area contributed by atoms with E-state index < -0.39 is 11.7 Å². The van der Waals surface area contributed by atoms with Gasteiger partial charge in [0.2, 0.25) is 0 Å². The molecule has 0 atom stereocenters. The van der Waals surface area contributed by atoms with Crippen LogP contribution in [0.1, 0.15) is 20.8 Å². The van der Waals surface area contributed by atoms with E-state index in [1.165, 1.54) is 4.57 Å². The fraction of sp³-hybridized carbons (Fsp3) is 0.286. The first kappa shape index (κ1) is 13.6. The Labute approximate surface area is 117 Å². The smallest absolute Gasteiger partial charge is 0.418 e. The average molecular weight is 279 g/mol. The van der Waals surface area contributed by atoms with Crippen molar-refractivity contribution in [3.05, 3.63) is 41.8 Å². The first-order valence-corrected chi connectivity index (χ1v) is 6.27. The summed E-state index contributed by atoms with van der Waals surface area (Å²) in [6.45, 7) is 5.49. The molecule has 5 heteroatoms. The fourth-order valence-corrected chi connectivity index (χ4v) is 1.73. The van der Waals surface area contributed by atoms with Gasteiger partial charge in [0.05, 0.1) is 5.69 Å². The molecule has 100 valence electrons. The maximum atomic E-state index is 12.1. The summed E-state index contributed by atoms with van der Waals surface area (Å²) < 4.78 is 6.80. The molecule has 0 unspecified atom stereocenters. The normalized spacial score (nSPS) is 11.4. The maximum absolute atomic E-state index is 12.1. The van der Waals surface area contributed by atoms with Gasteiger partial charge in [-0.25, -0.2) is 9.78 Å². The van der Waals surface area contributed by atoms with Crippen LogP contribution in [0, 0.1) is 0 Å². The van der Waals surface area contributed by atoms with Crippen molar-refractivity contribution >= 4 is 17.7 Å². The predicted molar refractivity (Wildman–Crippen MR) is 74.3 cm³/mol. The molecule has 2 aromatic rings. The van der Waals surface area contributed by atoms with E-state index in [4.69, 9.17) is 16.3 Å². The topological polar surface area (TPSA) is 44.1 Å². The van der Waals surface area contributed by atoms with Crippen LogP contribution in [0.15, 0.2) is 36.7 Å². The highest BCUT2D eigenvalue weighted by molar-refractivity contribution is 6.29. The van der Waals surface area contributed by atoms with Crippen LogP contribution in [0.5, 0.6) is 0 Å². The largest absolute Gasteiger partial charge is 0.443 e. The molecule has 0 N–H and O–H groups in total. The van der Waals surface area contributed by atoms with E-state index in [1.54, 1.807) is 24.5 Å². The third-order valence-electron chi connectivity index (χ3n) is 2.36. The molecule has 19 heavy (non-hydrogen) atoms. The third-order valence-corrected chi connectivity index (χ3v) is 2.59. The van der Waals surface area contributed by atoms with Crippen LogP contribution < -0.4 is 0 Å². The maximum Gasteiger partial charge on any atom is 0.418 e. The SMILES string of the molecule is CC(C)(C)OC(=O)n1cccc1-c1ccc(Cl)nc1. The molecule has 0 aromatic carbocycles. The third kappa shape index (κ3) is 3.35. The predicted octanol–water partition coefficient (Wildman–Crippen LogP) is 3.99. The lowest BCUT2D eigenvalue weighted by Gasteiger charge is -2.20. The van der Waals surface area contributed by atoms with Gasteiger partial charge in [-0.3, -0.25) is 4.57 Å². The molecule has 0 saturated carbocycles. The van der Waals surface area contributed by atoms with Gasteiger partial charge in [-0.1, -0.05) is 11.6 Å². The molecule has 0 bridgehead atoms. The zero-order valence-corrected chi connectivity index (χ0v) is 11.8. The Morgan fingerprint density at radius 2 is 2.05 bits per heavy atom. The van der Waals surface area contributed by atoms with Crippen molar-refractivity contribution < 1.29 is 9.53 Å². The number of ether oxygens (including phenoxy) is 1. The molecule has 0 amide bonds. The Balaban J connectivity index is 2.32. The van der Waals surface area contributed by atoms with Crippen LogP contribution in [0.2, 0.25) is 5.15 Å². The lowest BCUT2D eigenvalue weighted by Crippen LogP contribution is -2.27. The van der Waals surface area contributed by atoms with Crippen LogP contribution in [-0.2, 0) is 4.74 Å². The summed E-state index contributed by atoms with van der Waals surface area (Å²) in [5, 5.41) is 0.416.